The summed E-state index contributed by atoms with van der Waals surface area (Å²) < 4.78 is 24.1. The molecule has 202 valence electrons. The summed E-state index contributed by atoms with van der Waals surface area (Å²) in [5.74, 6) is 4.96. The Morgan fingerprint density at radius 2 is 1.47 bits per heavy atom. The fraction of sp³-hybridized carbons (Fsp3) is 0.414. The second-order valence-corrected chi connectivity index (χ2v) is 9.36. The Labute approximate surface area is 224 Å². The molecule has 1 atom stereocenters. The number of rotatable bonds is 13. The summed E-state index contributed by atoms with van der Waals surface area (Å²) in [6, 6.07) is 11.7. The number of aromatic nitrogens is 4. The minimum Gasteiger partial charge on any atom is -0.497 e. The highest BCUT2D eigenvalue weighted by Crippen LogP contribution is 2.32. The molecular formula is C29H37N5O4. The molecule has 9 nitrogen and oxygen atoms in total. The van der Waals surface area contributed by atoms with Gasteiger partial charge in [0.05, 0.1) is 28.4 Å². The molecule has 0 saturated carbocycles. The Morgan fingerprint density at radius 1 is 0.868 bits per heavy atom. The van der Waals surface area contributed by atoms with Gasteiger partial charge in [-0.15, -0.1) is 0 Å². The lowest BCUT2D eigenvalue weighted by Crippen LogP contribution is -2.26. The van der Waals surface area contributed by atoms with Crippen molar-refractivity contribution in [3.05, 3.63) is 65.7 Å². The van der Waals surface area contributed by atoms with Gasteiger partial charge in [-0.2, -0.15) is 5.10 Å². The molecule has 0 radical (unpaired) electrons. The van der Waals surface area contributed by atoms with Gasteiger partial charge in [0.15, 0.2) is 17.3 Å². The first-order chi connectivity index (χ1) is 18.5. The van der Waals surface area contributed by atoms with Crippen molar-refractivity contribution >= 4 is 11.5 Å². The fourth-order valence-electron chi connectivity index (χ4n) is 4.64. The lowest BCUT2D eigenvalue weighted by Gasteiger charge is -2.26. The van der Waals surface area contributed by atoms with E-state index in [1.54, 1.807) is 34.6 Å². The smallest absolute Gasteiger partial charge is 0.196 e. The number of anilines is 1. The van der Waals surface area contributed by atoms with Crippen LogP contribution in [-0.2, 0) is 19.5 Å². The van der Waals surface area contributed by atoms with Crippen LogP contribution in [0.5, 0.6) is 23.0 Å². The van der Waals surface area contributed by atoms with Gasteiger partial charge >= 0.3 is 0 Å². The zero-order valence-electron chi connectivity index (χ0n) is 23.1. The van der Waals surface area contributed by atoms with E-state index in [0.29, 0.717) is 24.7 Å². The first kappa shape index (κ1) is 27.0. The van der Waals surface area contributed by atoms with Crippen LogP contribution in [0.1, 0.15) is 43.6 Å². The van der Waals surface area contributed by atoms with Gasteiger partial charge in [-0.1, -0.05) is 26.7 Å². The molecule has 9 heteroatoms. The van der Waals surface area contributed by atoms with Crippen molar-refractivity contribution in [1.82, 2.24) is 19.6 Å². The molecule has 0 spiro atoms. The van der Waals surface area contributed by atoms with Gasteiger partial charge in [-0.05, 0) is 30.2 Å². The average Bonchev–Trinajstić information content (AvgIpc) is 3.41. The van der Waals surface area contributed by atoms with Gasteiger partial charge in [0, 0.05) is 55.2 Å². The van der Waals surface area contributed by atoms with E-state index >= 15 is 0 Å². The molecule has 0 aliphatic heterocycles. The van der Waals surface area contributed by atoms with Crippen LogP contribution < -0.4 is 23.8 Å². The molecule has 4 aromatic rings. The average molecular weight is 520 g/mol. The van der Waals surface area contributed by atoms with E-state index in [4.69, 9.17) is 29.0 Å². The minimum atomic E-state index is 0.477. The summed E-state index contributed by atoms with van der Waals surface area (Å²) in [6.07, 6.45) is 6.67. The maximum absolute atomic E-state index is 5.72. The molecule has 0 N–H and O–H groups in total. The molecule has 0 unspecified atom stereocenters. The van der Waals surface area contributed by atoms with Crippen LogP contribution >= 0.6 is 0 Å². The Kier molecular flexibility index (Phi) is 8.89. The summed E-state index contributed by atoms with van der Waals surface area (Å²) in [5.41, 5.74) is 2.67. The van der Waals surface area contributed by atoms with Crippen molar-refractivity contribution < 1.29 is 18.9 Å². The third kappa shape index (κ3) is 6.10. The maximum atomic E-state index is 5.72. The highest BCUT2D eigenvalue weighted by molar-refractivity contribution is 5.64. The van der Waals surface area contributed by atoms with E-state index in [2.05, 4.69) is 23.7 Å². The molecule has 2 heterocycles. The lowest BCUT2D eigenvalue weighted by molar-refractivity contribution is 0.389. The molecule has 0 fully saturated rings. The highest BCUT2D eigenvalue weighted by atomic mass is 16.5. The molecule has 2 aromatic heterocycles. The zero-order chi connectivity index (χ0) is 27.1. The van der Waals surface area contributed by atoms with E-state index in [1.165, 1.54) is 0 Å². The number of ether oxygens (including phenoxy) is 4. The maximum Gasteiger partial charge on any atom is 0.196 e. The topological polar surface area (TPSA) is 83.2 Å². The van der Waals surface area contributed by atoms with E-state index in [1.807, 2.05) is 47.1 Å². The number of hydrogen-bond acceptors (Lipinski definition) is 8. The molecule has 4 rings (SSSR count). The van der Waals surface area contributed by atoms with Gasteiger partial charge in [-0.25, -0.2) is 14.5 Å². The number of hydrogen-bond donors (Lipinski definition) is 0. The van der Waals surface area contributed by atoms with Crippen LogP contribution in [0.25, 0.3) is 5.65 Å². The quantitative estimate of drug-likeness (QED) is 0.234. The second kappa shape index (κ2) is 12.5. The van der Waals surface area contributed by atoms with Crippen LogP contribution in [0.2, 0.25) is 0 Å². The van der Waals surface area contributed by atoms with Gasteiger partial charge in [0.1, 0.15) is 23.0 Å². The van der Waals surface area contributed by atoms with Crippen molar-refractivity contribution in [3.8, 4) is 23.0 Å². The van der Waals surface area contributed by atoms with Crippen LogP contribution in [-0.4, -0.2) is 48.0 Å². The summed E-state index contributed by atoms with van der Waals surface area (Å²) >= 11 is 0. The molecule has 38 heavy (non-hydrogen) atoms. The lowest BCUT2D eigenvalue weighted by atomic mass is 10.0. The molecule has 0 amide bonds. The van der Waals surface area contributed by atoms with Crippen molar-refractivity contribution in [2.24, 2.45) is 5.92 Å². The van der Waals surface area contributed by atoms with Crippen LogP contribution in [0, 0.1) is 5.92 Å². The SMILES string of the molecule is CCC[C@H](C)Cc1nc(N(Cc2ccc(OC)cc2OC)Cc2ccc(OC)cc2OC)c2nccn2n1. The molecule has 2 aromatic carbocycles. The second-order valence-electron chi connectivity index (χ2n) is 9.36. The van der Waals surface area contributed by atoms with E-state index in [-0.39, 0.29) is 0 Å². The van der Waals surface area contributed by atoms with Crippen LogP contribution in [0.4, 0.5) is 5.82 Å². The van der Waals surface area contributed by atoms with Crippen molar-refractivity contribution in [2.45, 2.75) is 46.2 Å². The number of nitrogens with zero attached hydrogens (tertiary/aromatic N) is 5. The standard InChI is InChI=1S/C29H37N5O4/c1-7-8-20(2)15-27-31-29(28-30-13-14-34(28)32-27)33(18-21-9-11-23(35-3)16-25(21)37-5)19-22-10-12-24(36-4)17-26(22)38-6/h9-14,16-17,20H,7-8,15,18-19H2,1-6H3/t20-/m0/s1. The van der Waals surface area contributed by atoms with Crippen molar-refractivity contribution in [2.75, 3.05) is 33.3 Å². The van der Waals surface area contributed by atoms with Gasteiger partial charge in [-0.3, -0.25) is 0 Å². The molecule has 0 bridgehead atoms. The summed E-state index contributed by atoms with van der Waals surface area (Å²) in [4.78, 5) is 11.9. The normalized spacial score (nSPS) is 11.8. The number of fused-ring (bicyclic) bond motifs is 1. The van der Waals surface area contributed by atoms with Crippen molar-refractivity contribution in [3.63, 3.8) is 0 Å². The van der Waals surface area contributed by atoms with Gasteiger partial charge < -0.3 is 23.8 Å². The molecular weight excluding hydrogens is 482 g/mol. The molecule has 0 aliphatic rings. The monoisotopic (exact) mass is 519 g/mol. The Bertz CT molecular complexity index is 1300. The summed E-state index contributed by atoms with van der Waals surface area (Å²) in [5, 5.41) is 4.76. The molecule has 0 aliphatic carbocycles. The first-order valence-electron chi connectivity index (χ1n) is 12.9. The Morgan fingerprint density at radius 3 is 2.00 bits per heavy atom. The first-order valence-corrected chi connectivity index (χ1v) is 12.9. The minimum absolute atomic E-state index is 0.477. The van der Waals surface area contributed by atoms with E-state index < -0.39 is 0 Å². The van der Waals surface area contributed by atoms with Crippen LogP contribution in [0.15, 0.2) is 48.8 Å². The number of benzene rings is 2. The number of methoxy groups -OCH3 is 4. The van der Waals surface area contributed by atoms with Crippen LogP contribution in [0.3, 0.4) is 0 Å². The summed E-state index contributed by atoms with van der Waals surface area (Å²) in [6.45, 7) is 5.48. The van der Waals surface area contributed by atoms with Gasteiger partial charge in [0.25, 0.3) is 0 Å². The Balaban J connectivity index is 1.81. The molecule has 0 saturated heterocycles. The van der Waals surface area contributed by atoms with Gasteiger partial charge in [0.2, 0.25) is 0 Å². The fourth-order valence-corrected chi connectivity index (χ4v) is 4.64. The largest absolute Gasteiger partial charge is 0.497 e. The number of imidazole rings is 1. The predicted molar refractivity (Wildman–Crippen MR) is 148 cm³/mol. The zero-order valence-corrected chi connectivity index (χ0v) is 23.1. The Hall–Kier alpha value is -4.01. The third-order valence-corrected chi connectivity index (χ3v) is 6.60. The highest BCUT2D eigenvalue weighted by Gasteiger charge is 2.21. The summed E-state index contributed by atoms with van der Waals surface area (Å²) in [7, 11) is 6.63. The third-order valence-electron chi connectivity index (χ3n) is 6.60. The van der Waals surface area contributed by atoms with E-state index in [0.717, 1.165) is 65.0 Å². The van der Waals surface area contributed by atoms with E-state index in [9.17, 15) is 0 Å². The predicted octanol–water partition coefficient (Wildman–Crippen LogP) is 5.34. The van der Waals surface area contributed by atoms with Crippen molar-refractivity contribution in [1.29, 1.82) is 0 Å².